The molecule has 2 rings (SSSR count). The van der Waals surface area contributed by atoms with Gasteiger partial charge < -0.3 is 10.6 Å². The molecule has 1 aromatic carbocycles. The zero-order chi connectivity index (χ0) is 15.4. The number of halogens is 1. The number of hydrogen-bond donors (Lipinski definition) is 1. The number of anilines is 2. The zero-order valence-electron chi connectivity index (χ0n) is 12.7. The molecular weight excluding hydrogens is 267 g/mol. The van der Waals surface area contributed by atoms with Crippen LogP contribution in [0.5, 0.6) is 0 Å². The first-order valence-electron chi connectivity index (χ1n) is 7.10. The van der Waals surface area contributed by atoms with Crippen LogP contribution in [-0.4, -0.2) is 17.0 Å². The second kappa shape index (κ2) is 6.52. The Hall–Kier alpha value is -2.17. The van der Waals surface area contributed by atoms with Gasteiger partial charge in [-0.3, -0.25) is 0 Å². The predicted octanol–water partition coefficient (Wildman–Crippen LogP) is 3.10. The summed E-state index contributed by atoms with van der Waals surface area (Å²) in [6, 6.07) is 6.76. The van der Waals surface area contributed by atoms with Gasteiger partial charge in [0, 0.05) is 31.1 Å². The number of nitrogens with zero attached hydrogens (tertiary/aromatic N) is 3. The molecule has 0 saturated carbocycles. The maximum Gasteiger partial charge on any atom is 0.137 e. The van der Waals surface area contributed by atoms with Crippen LogP contribution in [0.25, 0.3) is 0 Å². The fourth-order valence-corrected chi connectivity index (χ4v) is 2.23. The van der Waals surface area contributed by atoms with Crippen molar-refractivity contribution >= 4 is 11.6 Å². The van der Waals surface area contributed by atoms with E-state index in [0.717, 1.165) is 30.0 Å². The molecule has 112 valence electrons. The van der Waals surface area contributed by atoms with Crippen LogP contribution in [-0.2, 0) is 13.0 Å². The molecule has 1 heterocycles. The molecule has 1 aromatic heterocycles. The smallest absolute Gasteiger partial charge is 0.137 e. The van der Waals surface area contributed by atoms with E-state index in [-0.39, 0.29) is 5.82 Å². The van der Waals surface area contributed by atoms with Gasteiger partial charge in [0.25, 0.3) is 0 Å². The van der Waals surface area contributed by atoms with Crippen LogP contribution in [0.2, 0.25) is 0 Å². The Morgan fingerprint density at radius 2 is 1.95 bits per heavy atom. The van der Waals surface area contributed by atoms with Gasteiger partial charge in [0.1, 0.15) is 23.3 Å². The Morgan fingerprint density at radius 3 is 2.62 bits per heavy atom. The summed E-state index contributed by atoms with van der Waals surface area (Å²) in [6.45, 7) is 4.40. The maximum atomic E-state index is 13.8. The largest absolute Gasteiger partial charge is 0.383 e. The van der Waals surface area contributed by atoms with Gasteiger partial charge in [0.2, 0.25) is 0 Å². The van der Waals surface area contributed by atoms with E-state index in [0.29, 0.717) is 17.9 Å². The van der Waals surface area contributed by atoms with Crippen molar-refractivity contribution in [1.29, 1.82) is 0 Å². The van der Waals surface area contributed by atoms with E-state index in [1.165, 1.54) is 6.07 Å². The zero-order valence-corrected chi connectivity index (χ0v) is 12.7. The Balaban J connectivity index is 2.30. The van der Waals surface area contributed by atoms with Crippen molar-refractivity contribution in [3.05, 3.63) is 47.0 Å². The second-order valence-electron chi connectivity index (χ2n) is 5.17. The van der Waals surface area contributed by atoms with E-state index < -0.39 is 0 Å². The molecule has 21 heavy (non-hydrogen) atoms. The van der Waals surface area contributed by atoms with Crippen LogP contribution in [0.1, 0.15) is 30.3 Å². The number of aryl methyl sites for hydroxylation is 1. The minimum absolute atomic E-state index is 0.210. The second-order valence-corrected chi connectivity index (χ2v) is 5.17. The van der Waals surface area contributed by atoms with Crippen molar-refractivity contribution in [2.24, 2.45) is 0 Å². The van der Waals surface area contributed by atoms with Crippen LogP contribution in [0.3, 0.4) is 0 Å². The lowest BCUT2D eigenvalue weighted by Crippen LogP contribution is -2.21. The highest BCUT2D eigenvalue weighted by Gasteiger charge is 2.14. The summed E-state index contributed by atoms with van der Waals surface area (Å²) in [7, 11) is 1.89. The highest BCUT2D eigenvalue weighted by atomic mass is 19.1. The molecular formula is C16H21FN4. The summed E-state index contributed by atoms with van der Waals surface area (Å²) in [4.78, 5) is 10.8. The SMILES string of the molecule is CCCc1nc(N)c(C)c(N(C)Cc2ccccc2F)n1. The van der Waals surface area contributed by atoms with Gasteiger partial charge in [-0.05, 0) is 19.4 Å². The average molecular weight is 288 g/mol. The minimum atomic E-state index is -0.210. The monoisotopic (exact) mass is 288 g/mol. The molecule has 4 nitrogen and oxygen atoms in total. The summed E-state index contributed by atoms with van der Waals surface area (Å²) in [5, 5.41) is 0. The molecule has 0 bridgehead atoms. The van der Waals surface area contributed by atoms with Crippen molar-refractivity contribution in [2.75, 3.05) is 17.7 Å². The summed E-state index contributed by atoms with van der Waals surface area (Å²) >= 11 is 0. The van der Waals surface area contributed by atoms with E-state index in [9.17, 15) is 4.39 Å². The molecule has 0 amide bonds. The normalized spacial score (nSPS) is 10.7. The first kappa shape index (κ1) is 15.2. The Bertz CT molecular complexity index is 628. The standard InChI is InChI=1S/C16H21FN4/c1-4-7-14-19-15(18)11(2)16(20-14)21(3)10-12-8-5-6-9-13(12)17/h5-6,8-9H,4,7,10H2,1-3H3,(H2,18,19,20). The first-order valence-corrected chi connectivity index (χ1v) is 7.10. The molecule has 0 aliphatic carbocycles. The lowest BCUT2D eigenvalue weighted by Gasteiger charge is -2.21. The van der Waals surface area contributed by atoms with Crippen LogP contribution in [0, 0.1) is 12.7 Å². The van der Waals surface area contributed by atoms with Crippen LogP contribution in [0.4, 0.5) is 16.0 Å². The number of nitrogen functional groups attached to an aromatic ring is 1. The number of benzene rings is 1. The van der Waals surface area contributed by atoms with E-state index in [4.69, 9.17) is 5.73 Å². The van der Waals surface area contributed by atoms with E-state index in [1.807, 2.05) is 24.9 Å². The third-order valence-corrected chi connectivity index (χ3v) is 3.40. The van der Waals surface area contributed by atoms with Crippen molar-refractivity contribution in [3.63, 3.8) is 0 Å². The van der Waals surface area contributed by atoms with Gasteiger partial charge in [-0.1, -0.05) is 25.1 Å². The van der Waals surface area contributed by atoms with E-state index in [1.54, 1.807) is 12.1 Å². The van der Waals surface area contributed by atoms with Gasteiger partial charge in [0.15, 0.2) is 0 Å². The lowest BCUT2D eigenvalue weighted by molar-refractivity contribution is 0.607. The molecule has 0 saturated heterocycles. The van der Waals surface area contributed by atoms with Crippen molar-refractivity contribution in [1.82, 2.24) is 9.97 Å². The molecule has 0 atom stereocenters. The van der Waals surface area contributed by atoms with Crippen molar-refractivity contribution in [3.8, 4) is 0 Å². The molecule has 2 aromatic rings. The number of nitrogens with two attached hydrogens (primary N) is 1. The first-order chi connectivity index (χ1) is 10.0. The highest BCUT2D eigenvalue weighted by molar-refractivity contribution is 5.56. The van der Waals surface area contributed by atoms with Gasteiger partial charge in [-0.25, -0.2) is 14.4 Å². The number of rotatable bonds is 5. The van der Waals surface area contributed by atoms with Gasteiger partial charge in [-0.15, -0.1) is 0 Å². The number of hydrogen-bond acceptors (Lipinski definition) is 4. The molecule has 0 unspecified atom stereocenters. The summed E-state index contributed by atoms with van der Waals surface area (Å²) < 4.78 is 13.8. The fourth-order valence-electron chi connectivity index (χ4n) is 2.23. The molecule has 0 aliphatic rings. The summed E-state index contributed by atoms with van der Waals surface area (Å²) in [5.41, 5.74) is 7.42. The number of aromatic nitrogens is 2. The van der Waals surface area contributed by atoms with Gasteiger partial charge in [0.05, 0.1) is 0 Å². The fraction of sp³-hybridized carbons (Fsp3) is 0.375. The Labute approximate surface area is 124 Å². The molecule has 5 heteroatoms. The molecule has 0 aliphatic heterocycles. The van der Waals surface area contributed by atoms with Crippen LogP contribution >= 0.6 is 0 Å². The van der Waals surface area contributed by atoms with E-state index in [2.05, 4.69) is 16.9 Å². The molecule has 2 N–H and O–H groups in total. The highest BCUT2D eigenvalue weighted by Crippen LogP contribution is 2.23. The third kappa shape index (κ3) is 3.48. The van der Waals surface area contributed by atoms with Gasteiger partial charge >= 0.3 is 0 Å². The van der Waals surface area contributed by atoms with Gasteiger partial charge in [-0.2, -0.15) is 0 Å². The molecule has 0 fully saturated rings. The van der Waals surface area contributed by atoms with Crippen LogP contribution < -0.4 is 10.6 Å². The Morgan fingerprint density at radius 1 is 1.24 bits per heavy atom. The summed E-state index contributed by atoms with van der Waals surface area (Å²) in [6.07, 6.45) is 1.74. The molecule has 0 radical (unpaired) electrons. The van der Waals surface area contributed by atoms with Crippen molar-refractivity contribution in [2.45, 2.75) is 33.2 Å². The van der Waals surface area contributed by atoms with Crippen molar-refractivity contribution < 1.29 is 4.39 Å². The quantitative estimate of drug-likeness (QED) is 0.918. The van der Waals surface area contributed by atoms with E-state index >= 15 is 0 Å². The van der Waals surface area contributed by atoms with Crippen LogP contribution in [0.15, 0.2) is 24.3 Å². The third-order valence-electron chi connectivity index (χ3n) is 3.40. The summed E-state index contributed by atoms with van der Waals surface area (Å²) in [5.74, 6) is 1.77. The molecule has 0 spiro atoms. The minimum Gasteiger partial charge on any atom is -0.383 e. The predicted molar refractivity (Wildman–Crippen MR) is 83.7 cm³/mol. The average Bonchev–Trinajstić information content (AvgIpc) is 2.45. The topological polar surface area (TPSA) is 55.0 Å². The lowest BCUT2D eigenvalue weighted by atomic mass is 10.2. The Kier molecular flexibility index (Phi) is 4.73. The maximum absolute atomic E-state index is 13.8.